The number of hydrogen-bond donors (Lipinski definition) is 5. The third kappa shape index (κ3) is 4.21. The Morgan fingerprint density at radius 2 is 1.79 bits per heavy atom. The lowest BCUT2D eigenvalue weighted by Gasteiger charge is -2.44. The Balaban J connectivity index is 2.16. The van der Waals surface area contributed by atoms with Crippen LogP contribution in [-0.4, -0.2) is 93.4 Å². The zero-order valence-corrected chi connectivity index (χ0v) is 13.4. The lowest BCUT2D eigenvalue weighted by Crippen LogP contribution is -2.62. The Morgan fingerprint density at radius 1 is 1.12 bits per heavy atom. The summed E-state index contributed by atoms with van der Waals surface area (Å²) in [5.74, 6) is -0.736. The fraction of sp³-hybridized carbons (Fsp3) is 0.929. The van der Waals surface area contributed by atoms with Crippen LogP contribution in [0.1, 0.15) is 20.3 Å². The molecule has 5 N–H and O–H groups in total. The van der Waals surface area contributed by atoms with Crippen LogP contribution in [0, 0.1) is 0 Å². The fourth-order valence-electron chi connectivity index (χ4n) is 2.75. The van der Waals surface area contributed by atoms with E-state index < -0.39 is 67.9 Å². The first-order valence-electron chi connectivity index (χ1n) is 7.71. The predicted octanol–water partition coefficient (Wildman–Crippen LogP) is -2.77. The lowest BCUT2D eigenvalue weighted by molar-refractivity contribution is -0.342. The first-order valence-corrected chi connectivity index (χ1v) is 7.71. The maximum absolute atomic E-state index is 11.2. The van der Waals surface area contributed by atoms with Gasteiger partial charge in [-0.1, -0.05) is 0 Å². The Hall–Kier alpha value is -0.850. The Kier molecular flexibility index (Phi) is 6.51. The van der Waals surface area contributed by atoms with Gasteiger partial charge in [0.1, 0.15) is 24.4 Å². The molecule has 24 heavy (non-hydrogen) atoms. The molecule has 0 unspecified atom stereocenters. The fourth-order valence-corrected chi connectivity index (χ4v) is 2.75. The molecule has 10 nitrogen and oxygen atoms in total. The van der Waals surface area contributed by atoms with E-state index in [0.29, 0.717) is 0 Å². The van der Waals surface area contributed by atoms with Gasteiger partial charge in [-0.05, 0) is 6.92 Å². The SMILES string of the molecule is CC(=O)O[C@H]1[C@@H](O[C@H]2O[C@H](C)[C@H](O)C[C@H]2O)[C@H](O)[C@@H](CO)O[C@@H]1O. The Bertz CT molecular complexity index is 432. The molecule has 2 heterocycles. The number of aliphatic hydroxyl groups is 5. The first kappa shape index (κ1) is 19.5. The normalized spacial score (nSPS) is 46.5. The molecule has 0 aromatic rings. The molecule has 9 atom stereocenters. The van der Waals surface area contributed by atoms with Crippen molar-refractivity contribution >= 4 is 5.97 Å². The van der Waals surface area contributed by atoms with E-state index >= 15 is 0 Å². The number of ether oxygens (including phenoxy) is 4. The summed E-state index contributed by atoms with van der Waals surface area (Å²) >= 11 is 0. The summed E-state index contributed by atoms with van der Waals surface area (Å²) in [5.41, 5.74) is 0. The van der Waals surface area contributed by atoms with Gasteiger partial charge in [0.2, 0.25) is 0 Å². The predicted molar refractivity (Wildman–Crippen MR) is 75.4 cm³/mol. The second-order valence-corrected chi connectivity index (χ2v) is 5.99. The van der Waals surface area contributed by atoms with Gasteiger partial charge < -0.3 is 44.5 Å². The average Bonchev–Trinajstić information content (AvgIpc) is 2.50. The minimum absolute atomic E-state index is 0.00460. The average molecular weight is 352 g/mol. The van der Waals surface area contributed by atoms with Crippen molar-refractivity contribution in [3.63, 3.8) is 0 Å². The van der Waals surface area contributed by atoms with Crippen molar-refractivity contribution < 1.29 is 49.3 Å². The molecule has 0 aliphatic carbocycles. The van der Waals surface area contributed by atoms with Crippen LogP contribution >= 0.6 is 0 Å². The van der Waals surface area contributed by atoms with Crippen molar-refractivity contribution in [2.75, 3.05) is 6.61 Å². The van der Waals surface area contributed by atoms with Gasteiger partial charge in [0, 0.05) is 13.3 Å². The van der Waals surface area contributed by atoms with Gasteiger partial charge in [-0.25, -0.2) is 0 Å². The van der Waals surface area contributed by atoms with E-state index in [-0.39, 0.29) is 6.42 Å². The summed E-state index contributed by atoms with van der Waals surface area (Å²) < 4.78 is 20.8. The van der Waals surface area contributed by atoms with E-state index in [1.165, 1.54) is 0 Å². The summed E-state index contributed by atoms with van der Waals surface area (Å²) in [6.07, 6.45) is -10.8. The van der Waals surface area contributed by atoms with Crippen LogP contribution in [0.2, 0.25) is 0 Å². The highest BCUT2D eigenvalue weighted by Gasteiger charge is 2.49. The monoisotopic (exact) mass is 352 g/mol. The lowest BCUT2D eigenvalue weighted by atomic mass is 9.98. The molecule has 2 aliphatic rings. The zero-order valence-electron chi connectivity index (χ0n) is 13.4. The van der Waals surface area contributed by atoms with Crippen LogP contribution < -0.4 is 0 Å². The van der Waals surface area contributed by atoms with E-state index in [4.69, 9.17) is 18.9 Å². The molecular formula is C14H24O10. The summed E-state index contributed by atoms with van der Waals surface area (Å²) in [6.45, 7) is 2.09. The van der Waals surface area contributed by atoms with Crippen LogP contribution in [0.4, 0.5) is 0 Å². The van der Waals surface area contributed by atoms with Crippen LogP contribution in [-0.2, 0) is 23.7 Å². The Labute approximate surface area is 138 Å². The molecule has 2 rings (SSSR count). The minimum Gasteiger partial charge on any atom is -0.454 e. The number of rotatable bonds is 4. The van der Waals surface area contributed by atoms with E-state index in [0.717, 1.165) is 6.92 Å². The van der Waals surface area contributed by atoms with Crippen molar-refractivity contribution in [1.82, 2.24) is 0 Å². The standard InChI is InChI=1S/C14H24O10/c1-5-7(17)3-8(18)14(21-5)24-11-10(19)9(4-15)23-13(20)12(11)22-6(2)16/h5,7-15,17-20H,3-4H2,1-2H3/t5-,7-,8-,9-,10-,11+,12+,13+,14-/m1/s1. The molecule has 140 valence electrons. The van der Waals surface area contributed by atoms with Gasteiger partial charge in [0.25, 0.3) is 0 Å². The van der Waals surface area contributed by atoms with E-state index in [1.54, 1.807) is 6.92 Å². The van der Waals surface area contributed by atoms with Crippen molar-refractivity contribution in [1.29, 1.82) is 0 Å². The van der Waals surface area contributed by atoms with Crippen molar-refractivity contribution in [2.45, 2.75) is 75.6 Å². The molecule has 0 radical (unpaired) electrons. The van der Waals surface area contributed by atoms with Crippen LogP contribution in [0.3, 0.4) is 0 Å². The van der Waals surface area contributed by atoms with E-state index in [1.807, 2.05) is 0 Å². The number of esters is 1. The van der Waals surface area contributed by atoms with Crippen molar-refractivity contribution in [2.24, 2.45) is 0 Å². The zero-order chi connectivity index (χ0) is 18.0. The van der Waals surface area contributed by atoms with Gasteiger partial charge in [0.05, 0.1) is 18.8 Å². The van der Waals surface area contributed by atoms with Gasteiger partial charge in [0.15, 0.2) is 18.7 Å². The summed E-state index contributed by atoms with van der Waals surface area (Å²) in [7, 11) is 0. The molecular weight excluding hydrogens is 328 g/mol. The number of hydrogen-bond acceptors (Lipinski definition) is 10. The maximum atomic E-state index is 11.2. The van der Waals surface area contributed by atoms with Crippen LogP contribution in [0.5, 0.6) is 0 Å². The second-order valence-electron chi connectivity index (χ2n) is 5.99. The third-order valence-electron chi connectivity index (χ3n) is 4.10. The van der Waals surface area contributed by atoms with E-state index in [2.05, 4.69) is 0 Å². The summed E-state index contributed by atoms with van der Waals surface area (Å²) in [6, 6.07) is 0. The molecule has 0 amide bonds. The third-order valence-corrected chi connectivity index (χ3v) is 4.10. The second kappa shape index (κ2) is 8.02. The van der Waals surface area contributed by atoms with Gasteiger partial charge in [-0.15, -0.1) is 0 Å². The van der Waals surface area contributed by atoms with Gasteiger partial charge in [-0.3, -0.25) is 4.79 Å². The topological polar surface area (TPSA) is 155 Å². The summed E-state index contributed by atoms with van der Waals surface area (Å²) in [4.78, 5) is 11.2. The molecule has 2 saturated heterocycles. The molecule has 2 aliphatic heterocycles. The highest BCUT2D eigenvalue weighted by molar-refractivity contribution is 5.66. The number of aliphatic hydroxyl groups excluding tert-OH is 5. The van der Waals surface area contributed by atoms with Crippen LogP contribution in [0.15, 0.2) is 0 Å². The highest BCUT2D eigenvalue weighted by Crippen LogP contribution is 2.29. The smallest absolute Gasteiger partial charge is 0.303 e. The number of carbonyl (C=O) groups is 1. The molecule has 10 heteroatoms. The number of carbonyl (C=O) groups excluding carboxylic acids is 1. The van der Waals surface area contributed by atoms with Gasteiger partial charge in [-0.2, -0.15) is 0 Å². The minimum atomic E-state index is -1.64. The molecule has 0 bridgehead atoms. The van der Waals surface area contributed by atoms with Crippen molar-refractivity contribution in [3.05, 3.63) is 0 Å². The highest BCUT2D eigenvalue weighted by atomic mass is 16.7. The van der Waals surface area contributed by atoms with Crippen molar-refractivity contribution in [3.8, 4) is 0 Å². The maximum Gasteiger partial charge on any atom is 0.303 e. The molecule has 2 fully saturated rings. The van der Waals surface area contributed by atoms with Gasteiger partial charge >= 0.3 is 5.97 Å². The molecule has 0 spiro atoms. The molecule has 0 saturated carbocycles. The van der Waals surface area contributed by atoms with Crippen LogP contribution in [0.25, 0.3) is 0 Å². The van der Waals surface area contributed by atoms with E-state index in [9.17, 15) is 30.3 Å². The quantitative estimate of drug-likeness (QED) is 0.336. The Morgan fingerprint density at radius 3 is 2.38 bits per heavy atom. The molecule has 0 aromatic carbocycles. The summed E-state index contributed by atoms with van der Waals surface area (Å²) in [5, 5.41) is 49.1. The molecule has 0 aromatic heterocycles. The first-order chi connectivity index (χ1) is 11.2. The largest absolute Gasteiger partial charge is 0.454 e.